The van der Waals surface area contributed by atoms with Gasteiger partial charge in [0.05, 0.1) is 18.9 Å². The number of rotatable bonds is 3. The van der Waals surface area contributed by atoms with Crippen molar-refractivity contribution in [2.75, 3.05) is 31.6 Å². The Bertz CT molecular complexity index is 1050. The van der Waals surface area contributed by atoms with E-state index in [0.717, 1.165) is 39.4 Å². The maximum atomic E-state index is 13.6. The van der Waals surface area contributed by atoms with Crippen LogP contribution in [0.5, 0.6) is 0 Å². The normalized spacial score (nSPS) is 21.8. The minimum absolute atomic E-state index is 0.0171. The van der Waals surface area contributed by atoms with Gasteiger partial charge < -0.3 is 14.6 Å². The predicted octanol–water partition coefficient (Wildman–Crippen LogP) is 3.49. The number of amides is 1. The van der Waals surface area contributed by atoms with E-state index in [1.165, 1.54) is 0 Å². The van der Waals surface area contributed by atoms with Gasteiger partial charge in [-0.2, -0.15) is 0 Å². The maximum Gasteiger partial charge on any atom is 0.254 e. The highest BCUT2D eigenvalue weighted by Gasteiger charge is 2.53. The first-order valence-corrected chi connectivity index (χ1v) is 9.90. The molecule has 6 nitrogen and oxygen atoms in total. The Morgan fingerprint density at radius 2 is 1.83 bits per heavy atom. The second kappa shape index (κ2) is 6.83. The Labute approximate surface area is 169 Å². The van der Waals surface area contributed by atoms with E-state index in [1.807, 2.05) is 56.3 Å². The van der Waals surface area contributed by atoms with Crippen molar-refractivity contribution in [1.29, 1.82) is 0 Å². The molecule has 29 heavy (non-hydrogen) atoms. The Kier molecular flexibility index (Phi) is 4.26. The summed E-state index contributed by atoms with van der Waals surface area (Å²) in [6.45, 7) is 6.46. The average Bonchev–Trinajstić information content (AvgIpc) is 3.24. The van der Waals surface area contributed by atoms with Crippen LogP contribution in [0.1, 0.15) is 22.6 Å². The van der Waals surface area contributed by atoms with Gasteiger partial charge in [0, 0.05) is 29.9 Å². The predicted molar refractivity (Wildman–Crippen MR) is 110 cm³/mol. The van der Waals surface area contributed by atoms with Crippen molar-refractivity contribution in [2.24, 2.45) is 0 Å². The van der Waals surface area contributed by atoms with Crippen LogP contribution in [0.3, 0.4) is 0 Å². The molecule has 3 aromatic rings. The molecule has 2 aliphatic heterocycles. The average molecular weight is 389 g/mol. The van der Waals surface area contributed by atoms with Crippen molar-refractivity contribution in [3.05, 3.63) is 71.1 Å². The smallest absolute Gasteiger partial charge is 0.254 e. The number of aryl methyl sites for hydroxylation is 2. The molecule has 2 aliphatic rings. The SMILES string of the molecule is Cc1noc(C)c1-c1ccc2c(c1)C(c1ccccc1)(N1CCOCC1)C(=O)N2. The van der Waals surface area contributed by atoms with Gasteiger partial charge in [-0.3, -0.25) is 9.69 Å². The monoisotopic (exact) mass is 389 g/mol. The standard InChI is InChI=1S/C23H23N3O3/c1-15-21(16(2)29-25-15)17-8-9-20-19(14-17)23(22(27)24-20,18-6-4-3-5-7-18)26-10-12-28-13-11-26/h3-9,14H,10-13H2,1-2H3,(H,24,27). The molecule has 148 valence electrons. The van der Waals surface area contributed by atoms with Crippen LogP contribution in [0.15, 0.2) is 53.1 Å². The zero-order chi connectivity index (χ0) is 20.0. The van der Waals surface area contributed by atoms with Crippen LogP contribution < -0.4 is 5.32 Å². The van der Waals surface area contributed by atoms with Crippen LogP contribution in [0, 0.1) is 13.8 Å². The summed E-state index contributed by atoms with van der Waals surface area (Å²) in [5.41, 5.74) is 4.73. The minimum Gasteiger partial charge on any atom is -0.379 e. The Hall–Kier alpha value is -2.96. The highest BCUT2D eigenvalue weighted by Crippen LogP contribution is 2.47. The fourth-order valence-electron chi connectivity index (χ4n) is 4.70. The lowest BCUT2D eigenvalue weighted by molar-refractivity contribution is -0.128. The second-order valence-electron chi connectivity index (χ2n) is 7.59. The summed E-state index contributed by atoms with van der Waals surface area (Å²) in [6.07, 6.45) is 0. The molecule has 6 heteroatoms. The number of benzene rings is 2. The van der Waals surface area contributed by atoms with Crippen molar-refractivity contribution in [2.45, 2.75) is 19.4 Å². The van der Waals surface area contributed by atoms with Gasteiger partial charge in [0.15, 0.2) is 5.54 Å². The molecule has 5 rings (SSSR count). The van der Waals surface area contributed by atoms with Crippen molar-refractivity contribution in [1.82, 2.24) is 10.1 Å². The first kappa shape index (κ1) is 18.1. The van der Waals surface area contributed by atoms with Crippen LogP contribution in [-0.4, -0.2) is 42.3 Å². The van der Waals surface area contributed by atoms with Crippen LogP contribution >= 0.6 is 0 Å². The molecule has 1 N–H and O–H groups in total. The summed E-state index contributed by atoms with van der Waals surface area (Å²) < 4.78 is 11.0. The van der Waals surface area contributed by atoms with Gasteiger partial charge in [0.2, 0.25) is 0 Å². The van der Waals surface area contributed by atoms with Gasteiger partial charge in [0.25, 0.3) is 5.91 Å². The van der Waals surface area contributed by atoms with Crippen LogP contribution in [0.25, 0.3) is 11.1 Å². The number of anilines is 1. The second-order valence-corrected chi connectivity index (χ2v) is 7.59. The summed E-state index contributed by atoms with van der Waals surface area (Å²) in [5, 5.41) is 7.23. The van der Waals surface area contributed by atoms with Crippen LogP contribution in [-0.2, 0) is 15.1 Å². The fraction of sp³-hybridized carbons (Fsp3) is 0.304. The molecule has 0 spiro atoms. The van der Waals surface area contributed by atoms with Gasteiger partial charge in [-0.25, -0.2) is 0 Å². The summed E-state index contributed by atoms with van der Waals surface area (Å²) in [5.74, 6) is 0.757. The van der Waals surface area contributed by atoms with E-state index in [9.17, 15) is 4.79 Å². The molecule has 2 aromatic carbocycles. The first-order valence-electron chi connectivity index (χ1n) is 9.90. The molecule has 3 heterocycles. The molecule has 1 unspecified atom stereocenters. The molecule has 0 radical (unpaired) electrons. The number of fused-ring (bicyclic) bond motifs is 1. The van der Waals surface area contributed by atoms with Gasteiger partial charge in [-0.15, -0.1) is 0 Å². The molecular formula is C23H23N3O3. The summed E-state index contributed by atoms with van der Waals surface area (Å²) in [7, 11) is 0. The number of morpholine rings is 1. The number of aromatic nitrogens is 1. The van der Waals surface area contributed by atoms with Gasteiger partial charge >= 0.3 is 0 Å². The number of ether oxygens (including phenoxy) is 1. The largest absolute Gasteiger partial charge is 0.379 e. The van der Waals surface area contributed by atoms with E-state index < -0.39 is 5.54 Å². The summed E-state index contributed by atoms with van der Waals surface area (Å²) >= 11 is 0. The van der Waals surface area contributed by atoms with Crippen molar-refractivity contribution in [3.63, 3.8) is 0 Å². The summed E-state index contributed by atoms with van der Waals surface area (Å²) in [4.78, 5) is 15.8. The molecule has 0 saturated carbocycles. The third-order valence-corrected chi connectivity index (χ3v) is 5.99. The molecule has 0 bridgehead atoms. The molecule has 0 aliphatic carbocycles. The first-order chi connectivity index (χ1) is 14.1. The minimum atomic E-state index is -0.880. The van der Waals surface area contributed by atoms with E-state index in [2.05, 4.69) is 21.4 Å². The lowest BCUT2D eigenvalue weighted by Gasteiger charge is -2.42. The lowest BCUT2D eigenvalue weighted by Crippen LogP contribution is -2.55. The Morgan fingerprint density at radius 1 is 1.07 bits per heavy atom. The Morgan fingerprint density at radius 3 is 2.52 bits per heavy atom. The summed E-state index contributed by atoms with van der Waals surface area (Å²) in [6, 6.07) is 16.1. The number of hydrogen-bond acceptors (Lipinski definition) is 5. The fourth-order valence-corrected chi connectivity index (χ4v) is 4.70. The van der Waals surface area contributed by atoms with E-state index >= 15 is 0 Å². The zero-order valence-corrected chi connectivity index (χ0v) is 16.6. The third-order valence-electron chi connectivity index (χ3n) is 5.99. The lowest BCUT2D eigenvalue weighted by atomic mass is 9.80. The molecule has 1 fully saturated rings. The van der Waals surface area contributed by atoms with Crippen LogP contribution in [0.4, 0.5) is 5.69 Å². The quantitative estimate of drug-likeness (QED) is 0.743. The number of carbonyl (C=O) groups is 1. The van der Waals surface area contributed by atoms with Crippen molar-refractivity contribution >= 4 is 11.6 Å². The number of carbonyl (C=O) groups excluding carboxylic acids is 1. The highest BCUT2D eigenvalue weighted by atomic mass is 16.5. The highest BCUT2D eigenvalue weighted by molar-refractivity contribution is 6.08. The molecule has 1 amide bonds. The van der Waals surface area contributed by atoms with E-state index in [-0.39, 0.29) is 5.91 Å². The number of hydrogen-bond donors (Lipinski definition) is 1. The molecule has 1 atom stereocenters. The molecule has 1 aromatic heterocycles. The van der Waals surface area contributed by atoms with Gasteiger partial charge in [-0.1, -0.05) is 41.6 Å². The maximum absolute atomic E-state index is 13.6. The van der Waals surface area contributed by atoms with E-state index in [0.29, 0.717) is 26.3 Å². The number of nitrogens with one attached hydrogen (secondary N) is 1. The topological polar surface area (TPSA) is 67.6 Å². The Balaban J connectivity index is 1.75. The van der Waals surface area contributed by atoms with Gasteiger partial charge in [-0.05, 0) is 37.1 Å². The zero-order valence-electron chi connectivity index (χ0n) is 16.6. The molecular weight excluding hydrogens is 366 g/mol. The van der Waals surface area contributed by atoms with Gasteiger partial charge in [0.1, 0.15) is 5.76 Å². The molecule has 1 saturated heterocycles. The van der Waals surface area contributed by atoms with Crippen LogP contribution in [0.2, 0.25) is 0 Å². The van der Waals surface area contributed by atoms with E-state index in [1.54, 1.807) is 0 Å². The number of nitrogens with zero attached hydrogens (tertiary/aromatic N) is 2. The third kappa shape index (κ3) is 2.63. The van der Waals surface area contributed by atoms with Crippen molar-refractivity contribution < 1.29 is 14.1 Å². The van der Waals surface area contributed by atoms with E-state index in [4.69, 9.17) is 9.26 Å². The van der Waals surface area contributed by atoms with Crippen molar-refractivity contribution in [3.8, 4) is 11.1 Å².